The van der Waals surface area contributed by atoms with Crippen LogP contribution in [0.4, 0.5) is 5.69 Å². The Morgan fingerprint density at radius 1 is 1.00 bits per heavy atom. The first-order valence-corrected chi connectivity index (χ1v) is 10.2. The van der Waals surface area contributed by atoms with E-state index in [1.54, 1.807) is 38.5 Å². The zero-order chi connectivity index (χ0) is 22.7. The number of nitrogens with zero attached hydrogens (tertiary/aromatic N) is 2. The van der Waals surface area contributed by atoms with E-state index >= 15 is 0 Å². The van der Waals surface area contributed by atoms with Gasteiger partial charge in [-0.25, -0.2) is 4.98 Å². The molecule has 0 radical (unpaired) electrons. The van der Waals surface area contributed by atoms with Crippen LogP contribution in [0.5, 0.6) is 17.2 Å². The molecule has 0 aliphatic carbocycles. The van der Waals surface area contributed by atoms with Gasteiger partial charge in [0, 0.05) is 29.7 Å². The summed E-state index contributed by atoms with van der Waals surface area (Å²) in [4.78, 5) is 17.4. The molecule has 2 aromatic carbocycles. The maximum Gasteiger partial charge on any atom is 0.255 e. The molecule has 0 aliphatic heterocycles. The molecule has 32 heavy (non-hydrogen) atoms. The Labute approximate surface area is 186 Å². The van der Waals surface area contributed by atoms with E-state index in [0.29, 0.717) is 35.1 Å². The van der Waals surface area contributed by atoms with E-state index in [4.69, 9.17) is 14.2 Å². The molecule has 7 heteroatoms. The third-order valence-corrected chi connectivity index (χ3v) is 5.11. The van der Waals surface area contributed by atoms with Gasteiger partial charge in [-0.05, 0) is 55.3 Å². The number of amides is 1. The quantitative estimate of drug-likeness (QED) is 0.455. The second-order valence-corrected chi connectivity index (χ2v) is 7.50. The van der Waals surface area contributed by atoms with Crippen molar-refractivity contribution < 1.29 is 19.0 Å². The molecular formula is C25H25N3O4. The predicted molar refractivity (Wildman–Crippen MR) is 123 cm³/mol. The Morgan fingerprint density at radius 2 is 1.78 bits per heavy atom. The lowest BCUT2D eigenvalue weighted by atomic mass is 10.1. The Balaban J connectivity index is 1.46. The van der Waals surface area contributed by atoms with Crippen LogP contribution in [0.25, 0.3) is 5.65 Å². The lowest BCUT2D eigenvalue weighted by molar-refractivity contribution is 0.102. The topological polar surface area (TPSA) is 74.1 Å². The first kappa shape index (κ1) is 21.2. The Hall–Kier alpha value is -4.00. The summed E-state index contributed by atoms with van der Waals surface area (Å²) in [5, 5.41) is 2.93. The maximum atomic E-state index is 12.8. The molecule has 4 rings (SSSR count). The minimum atomic E-state index is -0.242. The first-order chi connectivity index (χ1) is 15.5. The molecule has 7 nitrogen and oxygen atoms in total. The number of ether oxygens (including phenoxy) is 3. The van der Waals surface area contributed by atoms with Crippen molar-refractivity contribution in [1.29, 1.82) is 0 Å². The molecule has 0 saturated carbocycles. The van der Waals surface area contributed by atoms with E-state index < -0.39 is 0 Å². The van der Waals surface area contributed by atoms with Crippen molar-refractivity contribution in [1.82, 2.24) is 9.38 Å². The highest BCUT2D eigenvalue weighted by Crippen LogP contribution is 2.33. The van der Waals surface area contributed by atoms with Crippen molar-refractivity contribution in [2.24, 2.45) is 0 Å². The van der Waals surface area contributed by atoms with E-state index in [9.17, 15) is 4.79 Å². The van der Waals surface area contributed by atoms with Crippen molar-refractivity contribution in [3.63, 3.8) is 0 Å². The number of anilines is 1. The highest BCUT2D eigenvalue weighted by Gasteiger charge is 2.13. The number of carbonyl (C=O) groups excluding carboxylic acids is 1. The number of aromatic nitrogens is 2. The van der Waals surface area contributed by atoms with E-state index in [1.165, 1.54) is 0 Å². The number of benzene rings is 2. The summed E-state index contributed by atoms with van der Waals surface area (Å²) in [7, 11) is 3.14. The molecule has 0 atom stereocenters. The highest BCUT2D eigenvalue weighted by molar-refractivity contribution is 6.05. The minimum Gasteiger partial charge on any atom is -0.493 e. The number of rotatable bonds is 7. The summed E-state index contributed by atoms with van der Waals surface area (Å²) < 4.78 is 18.5. The Bertz CT molecular complexity index is 1280. The van der Waals surface area contributed by atoms with Gasteiger partial charge in [-0.15, -0.1) is 0 Å². The average Bonchev–Trinajstić information content (AvgIpc) is 3.20. The van der Waals surface area contributed by atoms with Gasteiger partial charge >= 0.3 is 0 Å². The van der Waals surface area contributed by atoms with Gasteiger partial charge in [0.2, 0.25) is 0 Å². The molecule has 1 amide bonds. The largest absolute Gasteiger partial charge is 0.493 e. The fraction of sp³-hybridized carbons (Fsp3) is 0.200. The number of hydrogen-bond donors (Lipinski definition) is 1. The molecule has 0 spiro atoms. The van der Waals surface area contributed by atoms with Crippen LogP contribution in [0.1, 0.15) is 27.2 Å². The van der Waals surface area contributed by atoms with Crippen LogP contribution in [0, 0.1) is 13.8 Å². The second kappa shape index (κ2) is 9.01. The number of aryl methyl sites for hydroxylation is 2. The normalized spacial score (nSPS) is 10.8. The zero-order valence-electron chi connectivity index (χ0n) is 18.5. The van der Waals surface area contributed by atoms with Crippen LogP contribution < -0.4 is 19.5 Å². The summed E-state index contributed by atoms with van der Waals surface area (Å²) in [5.41, 5.74) is 4.84. The molecule has 4 aromatic rings. The van der Waals surface area contributed by atoms with Gasteiger partial charge in [-0.3, -0.25) is 4.79 Å². The number of carbonyl (C=O) groups is 1. The second-order valence-electron chi connectivity index (χ2n) is 7.50. The van der Waals surface area contributed by atoms with Crippen molar-refractivity contribution in [3.05, 3.63) is 83.3 Å². The van der Waals surface area contributed by atoms with Crippen LogP contribution >= 0.6 is 0 Å². The maximum absolute atomic E-state index is 12.8. The summed E-state index contributed by atoms with van der Waals surface area (Å²) in [6.45, 7) is 4.24. The number of imidazole rings is 1. The number of fused-ring (bicyclic) bond motifs is 1. The van der Waals surface area contributed by atoms with Crippen LogP contribution in [-0.2, 0) is 6.61 Å². The number of hydrogen-bond acceptors (Lipinski definition) is 5. The lowest BCUT2D eigenvalue weighted by Gasteiger charge is -2.14. The molecule has 0 aliphatic rings. The summed E-state index contributed by atoms with van der Waals surface area (Å²) in [5.74, 6) is 1.51. The monoisotopic (exact) mass is 431 g/mol. The van der Waals surface area contributed by atoms with Crippen molar-refractivity contribution in [3.8, 4) is 17.2 Å². The smallest absolute Gasteiger partial charge is 0.255 e. The molecular weight excluding hydrogens is 406 g/mol. The van der Waals surface area contributed by atoms with Crippen LogP contribution in [0.15, 0.2) is 60.9 Å². The standard InChI is InChI=1S/C25H25N3O4/c1-16-8-9-24-26-19(14-28(24)13-16)15-32-20-7-5-6-18(11-20)25(29)27-21-12-23(31-4)22(30-3)10-17(21)2/h5-14H,15H2,1-4H3,(H,27,29). The van der Waals surface area contributed by atoms with Gasteiger partial charge in [0.25, 0.3) is 5.91 Å². The molecule has 0 fully saturated rings. The van der Waals surface area contributed by atoms with Gasteiger partial charge in [0.05, 0.1) is 19.9 Å². The van der Waals surface area contributed by atoms with Crippen molar-refractivity contribution in [2.45, 2.75) is 20.5 Å². The van der Waals surface area contributed by atoms with Crippen LogP contribution in [0.2, 0.25) is 0 Å². The lowest BCUT2D eigenvalue weighted by Crippen LogP contribution is -2.13. The zero-order valence-corrected chi connectivity index (χ0v) is 18.5. The highest BCUT2D eigenvalue weighted by atomic mass is 16.5. The van der Waals surface area contributed by atoms with Gasteiger partial charge in [-0.2, -0.15) is 0 Å². The van der Waals surface area contributed by atoms with Gasteiger partial charge in [0.1, 0.15) is 18.0 Å². The van der Waals surface area contributed by atoms with E-state index in [0.717, 1.165) is 22.5 Å². The first-order valence-electron chi connectivity index (χ1n) is 10.2. The van der Waals surface area contributed by atoms with E-state index in [-0.39, 0.29) is 5.91 Å². The number of pyridine rings is 1. The van der Waals surface area contributed by atoms with Crippen molar-refractivity contribution >= 4 is 17.2 Å². The number of nitrogens with one attached hydrogen (secondary N) is 1. The molecule has 0 saturated heterocycles. The fourth-order valence-electron chi connectivity index (χ4n) is 3.42. The summed E-state index contributed by atoms with van der Waals surface area (Å²) in [6.07, 6.45) is 3.96. The Morgan fingerprint density at radius 3 is 2.56 bits per heavy atom. The van der Waals surface area contributed by atoms with Gasteiger partial charge in [0.15, 0.2) is 11.5 Å². The average molecular weight is 431 g/mol. The molecule has 0 unspecified atom stereocenters. The SMILES string of the molecule is COc1cc(C)c(NC(=O)c2cccc(OCc3cn4cc(C)ccc4n3)c2)cc1OC. The Kier molecular flexibility index (Phi) is 5.98. The number of methoxy groups -OCH3 is 2. The van der Waals surface area contributed by atoms with Crippen LogP contribution in [-0.4, -0.2) is 29.5 Å². The molecule has 164 valence electrons. The third kappa shape index (κ3) is 4.51. The molecule has 2 aromatic heterocycles. The molecule has 1 N–H and O–H groups in total. The minimum absolute atomic E-state index is 0.242. The third-order valence-electron chi connectivity index (χ3n) is 5.11. The van der Waals surface area contributed by atoms with E-state index in [2.05, 4.69) is 10.3 Å². The summed E-state index contributed by atoms with van der Waals surface area (Å²) in [6, 6.07) is 14.6. The van der Waals surface area contributed by atoms with Crippen molar-refractivity contribution in [2.75, 3.05) is 19.5 Å². The predicted octanol–water partition coefficient (Wildman–Crippen LogP) is 4.80. The summed E-state index contributed by atoms with van der Waals surface area (Å²) >= 11 is 0. The van der Waals surface area contributed by atoms with Gasteiger partial charge < -0.3 is 23.9 Å². The van der Waals surface area contributed by atoms with Crippen LogP contribution in [0.3, 0.4) is 0 Å². The molecule has 2 heterocycles. The molecule has 0 bridgehead atoms. The van der Waals surface area contributed by atoms with E-state index in [1.807, 2.05) is 54.9 Å². The van der Waals surface area contributed by atoms with Gasteiger partial charge in [-0.1, -0.05) is 12.1 Å². The fourth-order valence-corrected chi connectivity index (χ4v) is 3.42.